The van der Waals surface area contributed by atoms with Crippen LogP contribution in [0.3, 0.4) is 0 Å². The number of nitrogens with zero attached hydrogens (tertiary/aromatic N) is 1. The van der Waals surface area contributed by atoms with Crippen LogP contribution in [-0.4, -0.2) is 57.3 Å². The molecule has 1 spiro atoms. The topological polar surface area (TPSA) is 50.8 Å². The molecule has 0 bridgehead atoms. The summed E-state index contributed by atoms with van der Waals surface area (Å²) in [7, 11) is 1.59. The van der Waals surface area contributed by atoms with E-state index < -0.39 is 0 Å². The van der Waals surface area contributed by atoms with E-state index in [1.165, 1.54) is 12.5 Å². The Hall–Kier alpha value is -1.50. The van der Waals surface area contributed by atoms with Gasteiger partial charge in [-0.15, -0.1) is 0 Å². The van der Waals surface area contributed by atoms with Crippen LogP contribution in [0.15, 0.2) is 18.2 Å². The SMILES string of the molecule is COCCOCc1cc(C(=O)N2CCC3(CCNC3)CC2)ccc1F. The molecule has 2 fully saturated rings. The predicted molar refractivity (Wildman–Crippen MR) is 93.0 cm³/mol. The highest BCUT2D eigenvalue weighted by atomic mass is 19.1. The monoisotopic (exact) mass is 350 g/mol. The molecular formula is C19H27FN2O3. The fourth-order valence-corrected chi connectivity index (χ4v) is 3.73. The highest BCUT2D eigenvalue weighted by Gasteiger charge is 2.38. The Kier molecular flexibility index (Phi) is 6.04. The molecule has 138 valence electrons. The molecule has 1 aromatic rings. The number of amides is 1. The number of ether oxygens (including phenoxy) is 2. The molecule has 0 unspecified atom stereocenters. The van der Waals surface area contributed by atoms with Crippen molar-refractivity contribution in [2.75, 3.05) is 46.5 Å². The Morgan fingerprint density at radius 3 is 2.76 bits per heavy atom. The lowest BCUT2D eigenvalue weighted by Crippen LogP contribution is -2.44. The summed E-state index contributed by atoms with van der Waals surface area (Å²) in [4.78, 5) is 14.7. The van der Waals surface area contributed by atoms with Crippen LogP contribution in [-0.2, 0) is 16.1 Å². The largest absolute Gasteiger partial charge is 0.382 e. The highest BCUT2D eigenvalue weighted by molar-refractivity contribution is 5.94. The summed E-state index contributed by atoms with van der Waals surface area (Å²) in [5, 5.41) is 3.43. The van der Waals surface area contributed by atoms with Gasteiger partial charge < -0.3 is 19.7 Å². The van der Waals surface area contributed by atoms with E-state index in [0.717, 1.165) is 39.0 Å². The van der Waals surface area contributed by atoms with Crippen molar-refractivity contribution < 1.29 is 18.7 Å². The zero-order valence-corrected chi connectivity index (χ0v) is 14.9. The standard InChI is InChI=1S/C19H27FN2O3/c1-24-10-11-25-13-16-12-15(2-3-17(16)20)18(23)22-8-5-19(6-9-22)4-7-21-14-19/h2-3,12,21H,4-11,13-14H2,1H3. The van der Waals surface area contributed by atoms with Crippen LogP contribution in [0.1, 0.15) is 35.2 Å². The molecule has 3 rings (SSSR count). The smallest absolute Gasteiger partial charge is 0.253 e. The van der Waals surface area contributed by atoms with Gasteiger partial charge in [-0.25, -0.2) is 4.39 Å². The number of likely N-dealkylation sites (tertiary alicyclic amines) is 1. The third kappa shape index (κ3) is 4.37. The number of carbonyl (C=O) groups excluding carboxylic acids is 1. The van der Waals surface area contributed by atoms with Gasteiger partial charge in [0.25, 0.3) is 5.91 Å². The summed E-state index contributed by atoms with van der Waals surface area (Å²) in [5.74, 6) is -0.359. The van der Waals surface area contributed by atoms with Crippen molar-refractivity contribution in [3.05, 3.63) is 35.1 Å². The molecular weight excluding hydrogens is 323 g/mol. The molecule has 2 heterocycles. The second-order valence-electron chi connectivity index (χ2n) is 7.07. The van der Waals surface area contributed by atoms with Crippen LogP contribution in [0.5, 0.6) is 0 Å². The van der Waals surface area contributed by atoms with Gasteiger partial charge in [0, 0.05) is 37.9 Å². The quantitative estimate of drug-likeness (QED) is 0.799. The van der Waals surface area contributed by atoms with Crippen molar-refractivity contribution in [3.8, 4) is 0 Å². The van der Waals surface area contributed by atoms with Crippen molar-refractivity contribution in [3.63, 3.8) is 0 Å². The molecule has 1 amide bonds. The Morgan fingerprint density at radius 1 is 1.28 bits per heavy atom. The Bertz CT molecular complexity index is 592. The summed E-state index contributed by atoms with van der Waals surface area (Å²) in [6, 6.07) is 4.54. The molecule has 0 aromatic heterocycles. The van der Waals surface area contributed by atoms with Gasteiger partial charge in [0.15, 0.2) is 0 Å². The zero-order valence-electron chi connectivity index (χ0n) is 14.9. The van der Waals surface area contributed by atoms with Gasteiger partial charge in [-0.3, -0.25) is 4.79 Å². The summed E-state index contributed by atoms with van der Waals surface area (Å²) in [6.07, 6.45) is 3.29. The van der Waals surface area contributed by atoms with Crippen LogP contribution < -0.4 is 5.32 Å². The third-order valence-electron chi connectivity index (χ3n) is 5.43. The van der Waals surface area contributed by atoms with E-state index in [9.17, 15) is 9.18 Å². The number of carbonyl (C=O) groups is 1. The number of methoxy groups -OCH3 is 1. The number of benzene rings is 1. The molecule has 2 saturated heterocycles. The molecule has 5 nitrogen and oxygen atoms in total. The molecule has 1 aromatic carbocycles. The van der Waals surface area contributed by atoms with Crippen molar-refractivity contribution in [1.29, 1.82) is 0 Å². The van der Waals surface area contributed by atoms with Gasteiger partial charge in [-0.2, -0.15) is 0 Å². The summed E-state index contributed by atoms with van der Waals surface area (Å²) < 4.78 is 24.2. The Labute approximate surface area is 148 Å². The van der Waals surface area contributed by atoms with E-state index in [-0.39, 0.29) is 18.3 Å². The van der Waals surface area contributed by atoms with Gasteiger partial charge in [0.2, 0.25) is 0 Å². The fourth-order valence-electron chi connectivity index (χ4n) is 3.73. The minimum absolute atomic E-state index is 0.0149. The first-order chi connectivity index (χ1) is 12.1. The van der Waals surface area contributed by atoms with Crippen LogP contribution in [0.2, 0.25) is 0 Å². The average Bonchev–Trinajstić information content (AvgIpc) is 3.08. The maximum absolute atomic E-state index is 13.9. The molecule has 0 aliphatic carbocycles. The molecule has 25 heavy (non-hydrogen) atoms. The van der Waals surface area contributed by atoms with Gasteiger partial charge in [0.05, 0.1) is 19.8 Å². The number of piperidine rings is 1. The second kappa shape index (κ2) is 8.25. The first-order valence-corrected chi connectivity index (χ1v) is 8.99. The lowest BCUT2D eigenvalue weighted by Gasteiger charge is -2.39. The normalized spacial score (nSPS) is 19.5. The number of nitrogens with one attached hydrogen (secondary N) is 1. The van der Waals surface area contributed by atoms with Gasteiger partial charge in [0.1, 0.15) is 5.82 Å². The number of halogens is 1. The van der Waals surface area contributed by atoms with E-state index in [4.69, 9.17) is 9.47 Å². The lowest BCUT2D eigenvalue weighted by molar-refractivity contribution is 0.0591. The van der Waals surface area contributed by atoms with Gasteiger partial charge in [-0.05, 0) is 49.4 Å². The maximum atomic E-state index is 13.9. The van der Waals surface area contributed by atoms with E-state index in [2.05, 4.69) is 5.32 Å². The summed E-state index contributed by atoms with van der Waals surface area (Å²) in [6.45, 7) is 4.70. The lowest BCUT2D eigenvalue weighted by atomic mass is 9.78. The Morgan fingerprint density at radius 2 is 2.08 bits per heavy atom. The second-order valence-corrected chi connectivity index (χ2v) is 7.07. The molecule has 0 saturated carbocycles. The van der Waals surface area contributed by atoms with Gasteiger partial charge >= 0.3 is 0 Å². The van der Waals surface area contributed by atoms with Gasteiger partial charge in [-0.1, -0.05) is 0 Å². The van der Waals surface area contributed by atoms with Crippen LogP contribution in [0.4, 0.5) is 4.39 Å². The van der Waals surface area contributed by atoms with Crippen molar-refractivity contribution in [2.24, 2.45) is 5.41 Å². The molecule has 0 atom stereocenters. The average molecular weight is 350 g/mol. The molecule has 1 N–H and O–H groups in total. The zero-order chi connectivity index (χ0) is 17.7. The van der Waals surface area contributed by atoms with Crippen molar-refractivity contribution in [2.45, 2.75) is 25.9 Å². The van der Waals surface area contributed by atoms with E-state index in [0.29, 0.717) is 29.8 Å². The first-order valence-electron chi connectivity index (χ1n) is 8.99. The van der Waals surface area contributed by atoms with Crippen molar-refractivity contribution in [1.82, 2.24) is 10.2 Å². The Balaban J connectivity index is 1.60. The number of hydrogen-bond acceptors (Lipinski definition) is 4. The van der Waals surface area contributed by atoms with E-state index >= 15 is 0 Å². The van der Waals surface area contributed by atoms with Crippen LogP contribution in [0, 0.1) is 11.2 Å². The minimum Gasteiger partial charge on any atom is -0.382 e. The minimum atomic E-state index is -0.344. The number of hydrogen-bond donors (Lipinski definition) is 1. The van der Waals surface area contributed by atoms with E-state index in [1.807, 2.05) is 4.90 Å². The van der Waals surface area contributed by atoms with Crippen molar-refractivity contribution >= 4 is 5.91 Å². The van der Waals surface area contributed by atoms with Crippen LogP contribution >= 0.6 is 0 Å². The molecule has 6 heteroatoms. The third-order valence-corrected chi connectivity index (χ3v) is 5.43. The van der Waals surface area contributed by atoms with E-state index in [1.54, 1.807) is 19.2 Å². The highest BCUT2D eigenvalue weighted by Crippen LogP contribution is 2.37. The predicted octanol–water partition coefficient (Wildman–Crippen LogP) is 2.20. The molecule has 2 aliphatic rings. The molecule has 2 aliphatic heterocycles. The summed E-state index contributed by atoms with van der Waals surface area (Å²) in [5.41, 5.74) is 1.32. The molecule has 0 radical (unpaired) electrons. The fraction of sp³-hybridized carbons (Fsp3) is 0.632. The summed E-state index contributed by atoms with van der Waals surface area (Å²) >= 11 is 0. The number of rotatable bonds is 6. The first kappa shape index (κ1) is 18.3. The maximum Gasteiger partial charge on any atom is 0.253 e. The van der Waals surface area contributed by atoms with Crippen LogP contribution in [0.25, 0.3) is 0 Å².